The van der Waals surface area contributed by atoms with Gasteiger partial charge in [0.25, 0.3) is 0 Å². The van der Waals surface area contributed by atoms with Crippen molar-refractivity contribution in [1.29, 1.82) is 0 Å². The zero-order valence-corrected chi connectivity index (χ0v) is 14.8. The molecule has 0 bridgehead atoms. The number of aliphatic hydroxyl groups excluding tert-OH is 3. The summed E-state index contributed by atoms with van der Waals surface area (Å²) in [5.41, 5.74) is 2.01. The number of hydrogen-bond donors (Lipinski definition) is 3. The molecule has 0 unspecified atom stereocenters. The monoisotopic (exact) mass is 371 g/mol. The summed E-state index contributed by atoms with van der Waals surface area (Å²) in [6, 6.07) is 9.83. The minimum absolute atomic E-state index is 0.390. The minimum atomic E-state index is -1.20. The van der Waals surface area contributed by atoms with E-state index in [0.717, 1.165) is 5.69 Å². The minimum Gasteiger partial charge on any atom is -0.394 e. The first kappa shape index (κ1) is 17.8. The highest BCUT2D eigenvalue weighted by Crippen LogP contribution is 2.34. The summed E-state index contributed by atoms with van der Waals surface area (Å²) in [5, 5.41) is 29.6. The Bertz CT molecular complexity index is 919. The van der Waals surface area contributed by atoms with Crippen LogP contribution in [0.25, 0.3) is 11.2 Å². The van der Waals surface area contributed by atoms with E-state index in [1.807, 2.05) is 42.2 Å². The van der Waals surface area contributed by atoms with Gasteiger partial charge in [-0.05, 0) is 19.1 Å². The van der Waals surface area contributed by atoms with Gasteiger partial charge in [0.05, 0.1) is 12.9 Å². The molecule has 1 aromatic carbocycles. The van der Waals surface area contributed by atoms with Gasteiger partial charge in [0, 0.05) is 12.2 Å². The molecule has 3 aromatic rings. The summed E-state index contributed by atoms with van der Waals surface area (Å²) in [6.45, 7) is 2.31. The number of ether oxygens (including phenoxy) is 1. The van der Waals surface area contributed by atoms with E-state index in [0.29, 0.717) is 23.5 Å². The standard InChI is InChI=1S/C18H21N5O4/c1-2-22(11-6-4-3-5-7-11)16-13-17(20-9-19-16)23(10-21-13)18-15(26)14(25)12(8-24)27-18/h3-7,9-10,12,14-15,18,24-26H,2,8H2,1H3/t12-,14-,15-,18-/m1/s1. The average molecular weight is 371 g/mol. The Kier molecular flexibility index (Phi) is 4.75. The molecule has 0 spiro atoms. The van der Waals surface area contributed by atoms with Crippen LogP contribution in [0, 0.1) is 0 Å². The number of nitrogens with zero attached hydrogens (tertiary/aromatic N) is 5. The topological polar surface area (TPSA) is 117 Å². The Hall–Kier alpha value is -2.59. The van der Waals surface area contributed by atoms with Gasteiger partial charge in [-0.25, -0.2) is 15.0 Å². The molecule has 4 rings (SSSR count). The van der Waals surface area contributed by atoms with Crippen LogP contribution in [0.5, 0.6) is 0 Å². The predicted molar refractivity (Wildman–Crippen MR) is 97.5 cm³/mol. The predicted octanol–water partition coefficient (Wildman–Crippen LogP) is 0.596. The Labute approximate surface area is 155 Å². The average Bonchev–Trinajstić information content (AvgIpc) is 3.25. The molecule has 1 fully saturated rings. The van der Waals surface area contributed by atoms with Crippen LogP contribution in [0.3, 0.4) is 0 Å². The maximum atomic E-state index is 10.3. The molecule has 3 N–H and O–H groups in total. The van der Waals surface area contributed by atoms with E-state index in [-0.39, 0.29) is 6.61 Å². The van der Waals surface area contributed by atoms with E-state index in [9.17, 15) is 15.3 Å². The highest BCUT2D eigenvalue weighted by atomic mass is 16.6. The third-order valence-corrected chi connectivity index (χ3v) is 4.77. The fourth-order valence-corrected chi connectivity index (χ4v) is 3.40. The van der Waals surface area contributed by atoms with Crippen molar-refractivity contribution in [2.45, 2.75) is 31.5 Å². The number of anilines is 2. The third-order valence-electron chi connectivity index (χ3n) is 4.77. The summed E-state index contributed by atoms with van der Waals surface area (Å²) < 4.78 is 7.16. The molecule has 1 aliphatic rings. The van der Waals surface area contributed by atoms with Crippen LogP contribution in [0.1, 0.15) is 13.2 Å². The summed E-state index contributed by atoms with van der Waals surface area (Å²) in [5.74, 6) is 0.638. The van der Waals surface area contributed by atoms with Crippen LogP contribution in [0.15, 0.2) is 43.0 Å². The lowest BCUT2D eigenvalue weighted by Gasteiger charge is -2.22. The summed E-state index contributed by atoms with van der Waals surface area (Å²) in [7, 11) is 0. The lowest BCUT2D eigenvalue weighted by atomic mass is 10.1. The molecule has 9 nitrogen and oxygen atoms in total. The number of para-hydroxylation sites is 1. The van der Waals surface area contributed by atoms with Gasteiger partial charge in [-0.1, -0.05) is 18.2 Å². The van der Waals surface area contributed by atoms with Crippen LogP contribution in [0.4, 0.5) is 11.5 Å². The molecule has 4 atom stereocenters. The largest absolute Gasteiger partial charge is 0.394 e. The Morgan fingerprint density at radius 2 is 1.89 bits per heavy atom. The summed E-state index contributed by atoms with van der Waals surface area (Å²) in [4.78, 5) is 15.1. The number of benzene rings is 1. The zero-order valence-electron chi connectivity index (χ0n) is 14.8. The first-order valence-corrected chi connectivity index (χ1v) is 8.78. The first-order chi connectivity index (χ1) is 13.2. The molecule has 2 aromatic heterocycles. The molecule has 9 heteroatoms. The van der Waals surface area contributed by atoms with Crippen molar-refractivity contribution in [2.24, 2.45) is 0 Å². The number of aliphatic hydroxyl groups is 3. The second kappa shape index (κ2) is 7.20. The number of rotatable bonds is 5. The molecular formula is C18H21N5O4. The van der Waals surface area contributed by atoms with Crippen LogP contribution in [0.2, 0.25) is 0 Å². The van der Waals surface area contributed by atoms with Crippen LogP contribution in [-0.2, 0) is 4.74 Å². The van der Waals surface area contributed by atoms with E-state index in [2.05, 4.69) is 15.0 Å². The van der Waals surface area contributed by atoms with Gasteiger partial charge in [-0.3, -0.25) is 4.57 Å². The molecule has 0 radical (unpaired) electrons. The smallest absolute Gasteiger partial charge is 0.167 e. The highest BCUT2D eigenvalue weighted by Gasteiger charge is 2.44. The van der Waals surface area contributed by atoms with Crippen molar-refractivity contribution in [1.82, 2.24) is 19.5 Å². The van der Waals surface area contributed by atoms with E-state index < -0.39 is 24.5 Å². The van der Waals surface area contributed by atoms with E-state index in [1.54, 1.807) is 4.57 Å². The Morgan fingerprint density at radius 3 is 2.56 bits per heavy atom. The Balaban J connectivity index is 1.76. The van der Waals surface area contributed by atoms with E-state index in [1.165, 1.54) is 12.7 Å². The first-order valence-electron chi connectivity index (χ1n) is 8.78. The third kappa shape index (κ3) is 2.94. The number of fused-ring (bicyclic) bond motifs is 1. The normalized spacial score (nSPS) is 25.2. The molecule has 142 valence electrons. The van der Waals surface area contributed by atoms with Crippen molar-refractivity contribution in [3.63, 3.8) is 0 Å². The molecular weight excluding hydrogens is 350 g/mol. The lowest BCUT2D eigenvalue weighted by molar-refractivity contribution is -0.0511. The number of hydrogen-bond acceptors (Lipinski definition) is 8. The van der Waals surface area contributed by atoms with Crippen LogP contribution < -0.4 is 4.90 Å². The molecule has 1 aliphatic heterocycles. The lowest BCUT2D eigenvalue weighted by Crippen LogP contribution is -2.33. The molecule has 27 heavy (non-hydrogen) atoms. The van der Waals surface area contributed by atoms with Crippen LogP contribution >= 0.6 is 0 Å². The van der Waals surface area contributed by atoms with Gasteiger partial charge in [0.1, 0.15) is 24.6 Å². The summed E-state index contributed by atoms with van der Waals surface area (Å²) in [6.07, 6.45) is -1.20. The fourth-order valence-electron chi connectivity index (χ4n) is 3.40. The second-order valence-corrected chi connectivity index (χ2v) is 6.33. The van der Waals surface area contributed by atoms with Gasteiger partial charge in [-0.2, -0.15) is 0 Å². The van der Waals surface area contributed by atoms with Gasteiger partial charge in [0.15, 0.2) is 23.2 Å². The summed E-state index contributed by atoms with van der Waals surface area (Å²) >= 11 is 0. The van der Waals surface area contributed by atoms with Crippen molar-refractivity contribution in [3.05, 3.63) is 43.0 Å². The van der Waals surface area contributed by atoms with Crippen LogP contribution in [-0.4, -0.2) is 66.3 Å². The van der Waals surface area contributed by atoms with Crippen molar-refractivity contribution < 1.29 is 20.1 Å². The van der Waals surface area contributed by atoms with E-state index in [4.69, 9.17) is 4.74 Å². The highest BCUT2D eigenvalue weighted by molar-refractivity contribution is 5.86. The molecule has 0 saturated carbocycles. The quantitative estimate of drug-likeness (QED) is 0.597. The van der Waals surface area contributed by atoms with Gasteiger partial charge in [-0.15, -0.1) is 0 Å². The Morgan fingerprint density at radius 1 is 1.11 bits per heavy atom. The maximum Gasteiger partial charge on any atom is 0.167 e. The van der Waals surface area contributed by atoms with Crippen molar-refractivity contribution in [3.8, 4) is 0 Å². The SMILES string of the molecule is CCN(c1ccccc1)c1ncnc2c1ncn2[C@@H]1O[C@H](CO)[C@@H](O)[C@H]1O. The molecule has 1 saturated heterocycles. The molecule has 0 aliphatic carbocycles. The van der Waals surface area contributed by atoms with Gasteiger partial charge >= 0.3 is 0 Å². The maximum absolute atomic E-state index is 10.3. The number of aromatic nitrogens is 4. The number of imidazole rings is 1. The molecule has 0 amide bonds. The molecule has 3 heterocycles. The second-order valence-electron chi connectivity index (χ2n) is 6.33. The van der Waals surface area contributed by atoms with Gasteiger partial charge in [0.2, 0.25) is 0 Å². The van der Waals surface area contributed by atoms with Gasteiger partial charge < -0.3 is 25.0 Å². The fraction of sp³-hybridized carbons (Fsp3) is 0.389. The van der Waals surface area contributed by atoms with Crippen molar-refractivity contribution >= 4 is 22.7 Å². The zero-order chi connectivity index (χ0) is 19.0. The van der Waals surface area contributed by atoms with Crippen molar-refractivity contribution in [2.75, 3.05) is 18.1 Å². The van der Waals surface area contributed by atoms with E-state index >= 15 is 0 Å².